The summed E-state index contributed by atoms with van der Waals surface area (Å²) < 4.78 is 0. The Morgan fingerprint density at radius 1 is 1.26 bits per heavy atom. The molecule has 0 aromatic rings. The van der Waals surface area contributed by atoms with Crippen LogP contribution < -0.4 is 0 Å². The Bertz CT molecular complexity index is 314. The number of likely N-dealkylation sites (N-methyl/N-ethyl adjacent to an activating group) is 1. The van der Waals surface area contributed by atoms with E-state index in [1.165, 1.54) is 0 Å². The lowest BCUT2D eigenvalue weighted by Crippen LogP contribution is -2.41. The number of piperidine rings is 1. The van der Waals surface area contributed by atoms with Crippen molar-refractivity contribution in [3.05, 3.63) is 0 Å². The Morgan fingerprint density at radius 2 is 1.89 bits per heavy atom. The first-order valence-electron chi connectivity index (χ1n) is 7.27. The predicted octanol–water partition coefficient (Wildman–Crippen LogP) is -0.291. The van der Waals surface area contributed by atoms with Gasteiger partial charge in [0.1, 0.15) is 0 Å². The van der Waals surface area contributed by atoms with Crippen molar-refractivity contribution in [2.45, 2.75) is 18.9 Å². The van der Waals surface area contributed by atoms with E-state index in [1.54, 1.807) is 0 Å². The van der Waals surface area contributed by atoms with Crippen molar-refractivity contribution in [3.8, 4) is 0 Å². The number of hydrogen-bond donors (Lipinski definition) is 1. The molecular weight excluding hydrogens is 242 g/mol. The van der Waals surface area contributed by atoms with E-state index in [-0.39, 0.29) is 18.4 Å². The van der Waals surface area contributed by atoms with Gasteiger partial charge in [-0.25, -0.2) is 0 Å². The smallest absolute Gasteiger partial charge is 0.225 e. The van der Waals surface area contributed by atoms with Crippen molar-refractivity contribution in [1.29, 1.82) is 0 Å². The summed E-state index contributed by atoms with van der Waals surface area (Å²) in [5.74, 6) is 0.692. The second kappa shape index (κ2) is 6.20. The molecule has 2 saturated heterocycles. The number of likely N-dealkylation sites (tertiary alicyclic amines) is 2. The number of hydrogen-bond acceptors (Lipinski definition) is 4. The summed E-state index contributed by atoms with van der Waals surface area (Å²) in [5.41, 5.74) is 0. The maximum atomic E-state index is 12.5. The van der Waals surface area contributed by atoms with Crippen LogP contribution in [0.15, 0.2) is 0 Å². The van der Waals surface area contributed by atoms with Crippen molar-refractivity contribution in [1.82, 2.24) is 14.7 Å². The van der Waals surface area contributed by atoms with Crippen LogP contribution in [0, 0.1) is 11.8 Å². The quantitative estimate of drug-likeness (QED) is 0.765. The van der Waals surface area contributed by atoms with E-state index in [9.17, 15) is 9.90 Å². The lowest BCUT2D eigenvalue weighted by molar-refractivity contribution is -0.136. The minimum absolute atomic E-state index is 0.167. The SMILES string of the molecule is CN1CCC(C(=O)N2C[C@@H](CO)[C@H](N(C)C)C2)CC1. The molecule has 0 radical (unpaired) electrons. The summed E-state index contributed by atoms with van der Waals surface area (Å²) >= 11 is 0. The van der Waals surface area contributed by atoms with Gasteiger partial charge in [-0.3, -0.25) is 4.79 Å². The first-order chi connectivity index (χ1) is 9.02. The minimum atomic E-state index is 0.167. The molecule has 0 bridgehead atoms. The normalized spacial score (nSPS) is 30.3. The first kappa shape index (κ1) is 14.8. The Labute approximate surface area is 116 Å². The summed E-state index contributed by atoms with van der Waals surface area (Å²) in [4.78, 5) is 18.9. The molecule has 5 nitrogen and oxygen atoms in total. The predicted molar refractivity (Wildman–Crippen MR) is 74.9 cm³/mol. The molecule has 2 aliphatic heterocycles. The molecule has 2 fully saturated rings. The van der Waals surface area contributed by atoms with E-state index < -0.39 is 0 Å². The summed E-state index contributed by atoms with van der Waals surface area (Å²) in [6.45, 7) is 3.68. The highest BCUT2D eigenvalue weighted by Crippen LogP contribution is 2.25. The fourth-order valence-electron chi connectivity index (χ4n) is 3.31. The number of carbonyl (C=O) groups is 1. The van der Waals surface area contributed by atoms with Gasteiger partial charge in [0.05, 0.1) is 0 Å². The van der Waals surface area contributed by atoms with Crippen LogP contribution in [-0.2, 0) is 4.79 Å². The van der Waals surface area contributed by atoms with E-state index >= 15 is 0 Å². The van der Waals surface area contributed by atoms with Crippen LogP contribution in [0.1, 0.15) is 12.8 Å². The van der Waals surface area contributed by atoms with Crippen molar-refractivity contribution >= 4 is 5.91 Å². The molecule has 2 rings (SSSR count). The van der Waals surface area contributed by atoms with Crippen LogP contribution in [0.25, 0.3) is 0 Å². The lowest BCUT2D eigenvalue weighted by atomic mass is 9.96. The van der Waals surface area contributed by atoms with E-state index in [4.69, 9.17) is 0 Å². The van der Waals surface area contributed by atoms with Crippen LogP contribution in [0.4, 0.5) is 0 Å². The zero-order chi connectivity index (χ0) is 14.0. The molecule has 1 N–H and O–H groups in total. The monoisotopic (exact) mass is 269 g/mol. The van der Waals surface area contributed by atoms with Crippen LogP contribution >= 0.6 is 0 Å². The molecule has 110 valence electrons. The van der Waals surface area contributed by atoms with Gasteiger partial charge in [0.2, 0.25) is 5.91 Å². The van der Waals surface area contributed by atoms with Crippen LogP contribution in [0.5, 0.6) is 0 Å². The highest BCUT2D eigenvalue weighted by Gasteiger charge is 2.38. The Kier molecular flexibility index (Phi) is 4.81. The maximum Gasteiger partial charge on any atom is 0.225 e. The number of nitrogens with zero attached hydrogens (tertiary/aromatic N) is 3. The average Bonchev–Trinajstić information content (AvgIpc) is 2.83. The third-order valence-electron chi connectivity index (χ3n) is 4.68. The van der Waals surface area contributed by atoms with Gasteiger partial charge in [-0.15, -0.1) is 0 Å². The summed E-state index contributed by atoms with van der Waals surface area (Å²) in [6, 6.07) is 0.292. The van der Waals surface area contributed by atoms with E-state index in [0.29, 0.717) is 18.5 Å². The fraction of sp³-hybridized carbons (Fsp3) is 0.929. The maximum absolute atomic E-state index is 12.5. The number of rotatable bonds is 3. The van der Waals surface area contributed by atoms with E-state index in [0.717, 1.165) is 32.5 Å². The summed E-state index contributed by atoms with van der Waals surface area (Å²) in [6.07, 6.45) is 1.95. The third-order valence-corrected chi connectivity index (χ3v) is 4.68. The van der Waals surface area contributed by atoms with E-state index in [2.05, 4.69) is 16.8 Å². The van der Waals surface area contributed by atoms with Gasteiger partial charge in [0, 0.05) is 37.6 Å². The van der Waals surface area contributed by atoms with Gasteiger partial charge in [0.15, 0.2) is 0 Å². The molecule has 0 saturated carbocycles. The molecule has 1 amide bonds. The largest absolute Gasteiger partial charge is 0.396 e. The topological polar surface area (TPSA) is 47.0 Å². The average molecular weight is 269 g/mol. The molecule has 2 heterocycles. The lowest BCUT2D eigenvalue weighted by Gasteiger charge is -2.31. The minimum Gasteiger partial charge on any atom is -0.396 e. The number of aliphatic hydroxyl groups is 1. The number of aliphatic hydroxyl groups excluding tert-OH is 1. The third kappa shape index (κ3) is 3.27. The molecule has 0 unspecified atom stereocenters. The van der Waals surface area contributed by atoms with Gasteiger partial charge >= 0.3 is 0 Å². The second-order valence-electron chi connectivity index (χ2n) is 6.29. The Morgan fingerprint density at radius 3 is 2.37 bits per heavy atom. The molecule has 0 aromatic heterocycles. The van der Waals surface area contributed by atoms with Gasteiger partial charge in [0.25, 0.3) is 0 Å². The first-order valence-corrected chi connectivity index (χ1v) is 7.27. The molecule has 0 aromatic carbocycles. The summed E-state index contributed by atoms with van der Waals surface area (Å²) in [5, 5.41) is 9.46. The van der Waals surface area contributed by atoms with Gasteiger partial charge < -0.3 is 19.8 Å². The number of carbonyl (C=O) groups excluding carboxylic acids is 1. The molecule has 2 aliphatic rings. The zero-order valence-corrected chi connectivity index (χ0v) is 12.4. The summed E-state index contributed by atoms with van der Waals surface area (Å²) in [7, 11) is 6.16. The fourth-order valence-corrected chi connectivity index (χ4v) is 3.31. The molecule has 19 heavy (non-hydrogen) atoms. The van der Waals surface area contributed by atoms with Crippen LogP contribution in [-0.4, -0.2) is 85.7 Å². The van der Waals surface area contributed by atoms with Crippen LogP contribution in [0.2, 0.25) is 0 Å². The molecule has 5 heteroatoms. The second-order valence-corrected chi connectivity index (χ2v) is 6.29. The molecule has 0 spiro atoms. The molecular formula is C14H27N3O2. The zero-order valence-electron chi connectivity index (χ0n) is 12.4. The van der Waals surface area contributed by atoms with Crippen molar-refractivity contribution < 1.29 is 9.90 Å². The molecule has 2 atom stereocenters. The van der Waals surface area contributed by atoms with Crippen molar-refractivity contribution in [2.75, 3.05) is 53.9 Å². The van der Waals surface area contributed by atoms with Gasteiger partial charge in [-0.1, -0.05) is 0 Å². The van der Waals surface area contributed by atoms with Crippen molar-refractivity contribution in [3.63, 3.8) is 0 Å². The van der Waals surface area contributed by atoms with E-state index in [1.807, 2.05) is 19.0 Å². The molecule has 0 aliphatic carbocycles. The van der Waals surface area contributed by atoms with Gasteiger partial charge in [-0.05, 0) is 47.1 Å². The van der Waals surface area contributed by atoms with Crippen molar-refractivity contribution in [2.24, 2.45) is 11.8 Å². The van der Waals surface area contributed by atoms with Crippen LogP contribution in [0.3, 0.4) is 0 Å². The Hall–Kier alpha value is -0.650. The standard InChI is InChI=1S/C14H27N3O2/c1-15(2)13-9-17(8-12(13)10-18)14(19)11-4-6-16(3)7-5-11/h11-13,18H,4-10H2,1-3H3/t12-,13+/m0/s1. The highest BCUT2D eigenvalue weighted by molar-refractivity contribution is 5.79. The van der Waals surface area contributed by atoms with Gasteiger partial charge in [-0.2, -0.15) is 0 Å². The highest BCUT2D eigenvalue weighted by atomic mass is 16.3. The number of amides is 1. The Balaban J connectivity index is 1.93.